The van der Waals surface area contributed by atoms with Gasteiger partial charge in [-0.25, -0.2) is 4.79 Å². The topological polar surface area (TPSA) is 68.5 Å². The normalized spacial score (nSPS) is 10.7. The fourth-order valence-electron chi connectivity index (χ4n) is 3.34. The number of fused-ring (bicyclic) bond motifs is 1. The molecule has 0 unspecified atom stereocenters. The first-order valence-corrected chi connectivity index (χ1v) is 9.63. The third kappa shape index (κ3) is 4.10. The maximum absolute atomic E-state index is 12.4. The number of carbonyl (C=O) groups is 1. The highest BCUT2D eigenvalue weighted by Gasteiger charge is 2.11. The van der Waals surface area contributed by atoms with Crippen LogP contribution in [0.3, 0.4) is 0 Å². The van der Waals surface area contributed by atoms with Crippen molar-refractivity contribution in [2.45, 2.75) is 13.8 Å². The molecule has 30 heavy (non-hydrogen) atoms. The lowest BCUT2D eigenvalue weighted by Gasteiger charge is -2.12. The van der Waals surface area contributed by atoms with Gasteiger partial charge in [-0.3, -0.25) is 4.79 Å². The second-order valence-electron chi connectivity index (χ2n) is 7.12. The molecule has 150 valence electrons. The zero-order valence-electron chi connectivity index (χ0n) is 16.8. The molecule has 0 aliphatic heterocycles. The predicted octanol–water partition coefficient (Wildman–Crippen LogP) is 5.09. The Balaban J connectivity index is 1.50. The van der Waals surface area contributed by atoms with Gasteiger partial charge in [0.05, 0.1) is 5.56 Å². The summed E-state index contributed by atoms with van der Waals surface area (Å²) in [6.07, 6.45) is 0. The number of para-hydroxylation sites is 1. The van der Waals surface area contributed by atoms with Crippen molar-refractivity contribution < 1.29 is 13.9 Å². The van der Waals surface area contributed by atoms with E-state index in [4.69, 9.17) is 9.15 Å². The molecular formula is C25H21NO4. The quantitative estimate of drug-likeness (QED) is 0.475. The van der Waals surface area contributed by atoms with Crippen molar-refractivity contribution in [3.05, 3.63) is 94.3 Å². The van der Waals surface area contributed by atoms with Gasteiger partial charge in [0.1, 0.15) is 11.3 Å². The molecule has 1 aromatic heterocycles. The summed E-state index contributed by atoms with van der Waals surface area (Å²) >= 11 is 0. The van der Waals surface area contributed by atoms with Gasteiger partial charge in [0.2, 0.25) is 0 Å². The molecule has 0 aliphatic rings. The van der Waals surface area contributed by atoms with E-state index in [9.17, 15) is 9.59 Å². The second-order valence-corrected chi connectivity index (χ2v) is 7.12. The fraction of sp³-hybridized carbons (Fsp3) is 0.120. The lowest BCUT2D eigenvalue weighted by Crippen LogP contribution is -2.21. The number of amides is 1. The summed E-state index contributed by atoms with van der Waals surface area (Å²) in [6.45, 7) is 3.74. The van der Waals surface area contributed by atoms with Crippen molar-refractivity contribution in [2.24, 2.45) is 0 Å². The summed E-state index contributed by atoms with van der Waals surface area (Å²) in [7, 11) is 0. The molecule has 4 rings (SSSR count). The molecule has 5 heteroatoms. The van der Waals surface area contributed by atoms with Crippen molar-refractivity contribution >= 4 is 22.6 Å². The maximum atomic E-state index is 12.4. The molecule has 4 aromatic rings. The van der Waals surface area contributed by atoms with E-state index in [0.29, 0.717) is 16.9 Å². The molecular weight excluding hydrogens is 378 g/mol. The first-order valence-electron chi connectivity index (χ1n) is 9.63. The van der Waals surface area contributed by atoms with Gasteiger partial charge in [-0.05, 0) is 48.7 Å². The highest BCUT2D eigenvalue weighted by Crippen LogP contribution is 2.24. The molecule has 0 atom stereocenters. The minimum absolute atomic E-state index is 0.147. The molecule has 0 aliphatic carbocycles. The van der Waals surface area contributed by atoms with Crippen molar-refractivity contribution in [2.75, 3.05) is 11.9 Å². The standard InChI is InChI=1S/C25H21NO4/c1-16-7-6-8-17(2)24(16)26-23(27)15-29-20-12-11-19-13-21(18-9-4-3-5-10-18)25(28)30-22(19)14-20/h3-14H,15H2,1-2H3,(H,26,27). The van der Waals surface area contributed by atoms with Gasteiger partial charge >= 0.3 is 5.63 Å². The average molecular weight is 399 g/mol. The Morgan fingerprint density at radius 1 is 0.933 bits per heavy atom. The average Bonchev–Trinajstić information content (AvgIpc) is 2.75. The van der Waals surface area contributed by atoms with E-state index in [1.807, 2.05) is 68.4 Å². The zero-order valence-corrected chi connectivity index (χ0v) is 16.8. The van der Waals surface area contributed by atoms with Gasteiger partial charge in [0.25, 0.3) is 5.91 Å². The predicted molar refractivity (Wildman–Crippen MR) is 118 cm³/mol. The summed E-state index contributed by atoms with van der Waals surface area (Å²) in [4.78, 5) is 24.7. The molecule has 0 saturated carbocycles. The van der Waals surface area contributed by atoms with E-state index in [-0.39, 0.29) is 12.5 Å². The molecule has 0 bridgehead atoms. The van der Waals surface area contributed by atoms with Gasteiger partial charge in [-0.15, -0.1) is 0 Å². The van der Waals surface area contributed by atoms with Crippen LogP contribution in [0, 0.1) is 13.8 Å². The Morgan fingerprint density at radius 3 is 2.40 bits per heavy atom. The number of hydrogen-bond donors (Lipinski definition) is 1. The lowest BCUT2D eigenvalue weighted by molar-refractivity contribution is -0.118. The molecule has 1 N–H and O–H groups in total. The van der Waals surface area contributed by atoms with Crippen LogP contribution in [0.2, 0.25) is 0 Å². The summed E-state index contributed by atoms with van der Waals surface area (Å²) in [5.74, 6) is 0.197. The Kier molecular flexibility index (Phi) is 5.35. The SMILES string of the molecule is Cc1cccc(C)c1NC(=O)COc1ccc2cc(-c3ccccc3)c(=O)oc2c1. The van der Waals surface area contributed by atoms with Crippen LogP contribution in [0.5, 0.6) is 5.75 Å². The number of benzene rings is 3. The molecule has 1 heterocycles. The van der Waals surface area contributed by atoms with Crippen LogP contribution < -0.4 is 15.7 Å². The fourth-order valence-corrected chi connectivity index (χ4v) is 3.34. The van der Waals surface area contributed by atoms with Gasteiger partial charge in [-0.1, -0.05) is 48.5 Å². The molecule has 0 saturated heterocycles. The molecule has 0 radical (unpaired) electrons. The van der Waals surface area contributed by atoms with Crippen molar-refractivity contribution in [3.63, 3.8) is 0 Å². The van der Waals surface area contributed by atoms with Crippen molar-refractivity contribution in [1.29, 1.82) is 0 Å². The molecule has 5 nitrogen and oxygen atoms in total. The maximum Gasteiger partial charge on any atom is 0.344 e. The van der Waals surface area contributed by atoms with Gasteiger partial charge < -0.3 is 14.5 Å². The van der Waals surface area contributed by atoms with Crippen LogP contribution in [-0.4, -0.2) is 12.5 Å². The van der Waals surface area contributed by atoms with Crippen LogP contribution in [0.15, 0.2) is 82.0 Å². The van der Waals surface area contributed by atoms with E-state index in [2.05, 4.69) is 5.32 Å². The first-order chi connectivity index (χ1) is 14.5. The smallest absolute Gasteiger partial charge is 0.344 e. The highest BCUT2D eigenvalue weighted by molar-refractivity contribution is 5.93. The van der Waals surface area contributed by atoms with Gasteiger partial charge in [0.15, 0.2) is 6.61 Å². The van der Waals surface area contributed by atoms with Crippen LogP contribution in [-0.2, 0) is 4.79 Å². The Bertz CT molecular complexity index is 1260. The minimum Gasteiger partial charge on any atom is -0.484 e. The van der Waals surface area contributed by atoms with Gasteiger partial charge in [0, 0.05) is 17.1 Å². The van der Waals surface area contributed by atoms with Gasteiger partial charge in [-0.2, -0.15) is 0 Å². The number of rotatable bonds is 5. The largest absolute Gasteiger partial charge is 0.484 e. The number of ether oxygens (including phenoxy) is 1. The number of anilines is 1. The van der Waals surface area contributed by atoms with E-state index in [1.165, 1.54) is 0 Å². The Labute approximate surface area is 173 Å². The molecule has 0 fully saturated rings. The summed E-state index contributed by atoms with van der Waals surface area (Å²) < 4.78 is 11.1. The van der Waals surface area contributed by atoms with Crippen molar-refractivity contribution in [1.82, 2.24) is 0 Å². The summed E-state index contributed by atoms with van der Waals surface area (Å²) in [5.41, 5.74) is 4.08. The molecule has 3 aromatic carbocycles. The third-order valence-corrected chi connectivity index (χ3v) is 4.91. The summed E-state index contributed by atoms with van der Waals surface area (Å²) in [5, 5.41) is 3.66. The first kappa shape index (κ1) is 19.5. The van der Waals surface area contributed by atoms with Crippen LogP contribution >= 0.6 is 0 Å². The Hall–Kier alpha value is -3.86. The monoisotopic (exact) mass is 399 g/mol. The molecule has 0 spiro atoms. The third-order valence-electron chi connectivity index (χ3n) is 4.91. The van der Waals surface area contributed by atoms with E-state index in [1.54, 1.807) is 18.2 Å². The Morgan fingerprint density at radius 2 is 1.67 bits per heavy atom. The number of hydrogen-bond acceptors (Lipinski definition) is 4. The lowest BCUT2D eigenvalue weighted by atomic mass is 10.1. The number of nitrogens with one attached hydrogen (secondary N) is 1. The van der Waals surface area contributed by atoms with E-state index < -0.39 is 5.63 Å². The number of aryl methyl sites for hydroxylation is 2. The van der Waals surface area contributed by atoms with E-state index >= 15 is 0 Å². The van der Waals surface area contributed by atoms with Crippen LogP contribution in [0.1, 0.15) is 11.1 Å². The molecule has 1 amide bonds. The zero-order chi connectivity index (χ0) is 21.1. The second kappa shape index (κ2) is 8.25. The van der Waals surface area contributed by atoms with Crippen LogP contribution in [0.25, 0.3) is 22.1 Å². The minimum atomic E-state index is -0.418. The van der Waals surface area contributed by atoms with E-state index in [0.717, 1.165) is 27.8 Å². The summed E-state index contributed by atoms with van der Waals surface area (Å²) in [6, 6.07) is 22.2. The van der Waals surface area contributed by atoms with Crippen molar-refractivity contribution in [3.8, 4) is 16.9 Å². The highest BCUT2D eigenvalue weighted by atomic mass is 16.5. The number of carbonyl (C=O) groups excluding carboxylic acids is 1. The van der Waals surface area contributed by atoms with Crippen LogP contribution in [0.4, 0.5) is 5.69 Å².